The summed E-state index contributed by atoms with van der Waals surface area (Å²) in [4.78, 5) is 59.8. The Balaban J connectivity index is 1.39. The van der Waals surface area contributed by atoms with Crippen LogP contribution in [-0.2, 0) is 23.9 Å². The molecule has 2 aliphatic rings. The van der Waals surface area contributed by atoms with Crippen LogP contribution in [-0.4, -0.2) is 92.4 Å². The predicted octanol–water partition coefficient (Wildman–Crippen LogP) is 1.14. The number of nitrogens with one attached hydrogen (secondary N) is 4. The minimum absolute atomic E-state index is 0.101. The van der Waals surface area contributed by atoms with Gasteiger partial charge in [-0.2, -0.15) is 11.8 Å². The number of hydrogen-bond donors (Lipinski definition) is 4. The zero-order valence-electron chi connectivity index (χ0n) is 23.3. The van der Waals surface area contributed by atoms with Crippen molar-refractivity contribution in [1.82, 2.24) is 21.3 Å². The lowest BCUT2D eigenvalue weighted by Gasteiger charge is -2.16. The molecule has 4 amide bonds. The van der Waals surface area contributed by atoms with E-state index in [1.807, 2.05) is 11.8 Å². The van der Waals surface area contributed by atoms with Gasteiger partial charge in [-0.1, -0.05) is 6.42 Å². The second kappa shape index (κ2) is 16.6. The van der Waals surface area contributed by atoms with Crippen molar-refractivity contribution in [2.45, 2.75) is 56.9 Å². The molecule has 0 aromatic heterocycles. The fraction of sp³-hybridized carbons (Fsp3) is 0.593. The van der Waals surface area contributed by atoms with Crippen molar-refractivity contribution in [3.8, 4) is 11.5 Å². The van der Waals surface area contributed by atoms with E-state index >= 15 is 0 Å². The Hall–Kier alpha value is -3.68. The first kappa shape index (κ1) is 31.8. The first-order valence-electron chi connectivity index (χ1n) is 13.7. The third-order valence-electron chi connectivity index (χ3n) is 6.28. The maximum Gasteiger partial charge on any atom is 0.344 e. The number of carbonyl (C=O) groups is 5. The first-order chi connectivity index (χ1) is 19.8. The summed E-state index contributed by atoms with van der Waals surface area (Å²) in [7, 11) is 0. The average molecular weight is 595 g/mol. The number of benzene rings is 1. The van der Waals surface area contributed by atoms with E-state index < -0.39 is 17.8 Å². The lowest BCUT2D eigenvalue weighted by molar-refractivity contribution is -0.146. The third kappa shape index (κ3) is 10.7. The normalized spacial score (nSPS) is 18.9. The van der Waals surface area contributed by atoms with Crippen LogP contribution < -0.4 is 30.7 Å². The Labute approximate surface area is 243 Å². The second-order valence-electron chi connectivity index (χ2n) is 9.35. The van der Waals surface area contributed by atoms with E-state index in [4.69, 9.17) is 18.9 Å². The number of thioether (sulfide) groups is 1. The van der Waals surface area contributed by atoms with E-state index in [9.17, 15) is 24.0 Å². The van der Waals surface area contributed by atoms with Crippen molar-refractivity contribution in [2.75, 3.05) is 45.3 Å². The van der Waals surface area contributed by atoms with Crippen molar-refractivity contribution in [3.63, 3.8) is 0 Å². The molecule has 1 aromatic rings. The molecule has 2 fully saturated rings. The number of rotatable bonds is 17. The average Bonchev–Trinajstić information content (AvgIpc) is 3.50. The molecule has 13 nitrogen and oxygen atoms in total. The quantitative estimate of drug-likeness (QED) is 0.117. The van der Waals surface area contributed by atoms with E-state index in [0.717, 1.165) is 25.0 Å². The minimum atomic E-state index is -0.572. The second-order valence-corrected chi connectivity index (χ2v) is 10.6. The molecule has 2 saturated heterocycles. The van der Waals surface area contributed by atoms with Gasteiger partial charge in [0.15, 0.2) is 13.2 Å². The van der Waals surface area contributed by atoms with E-state index in [2.05, 4.69) is 21.3 Å². The lowest BCUT2D eigenvalue weighted by atomic mass is 10.0. The molecule has 1 aromatic carbocycles. The Bertz CT molecular complexity index is 1050. The highest BCUT2D eigenvalue weighted by molar-refractivity contribution is 8.00. The number of esters is 2. The van der Waals surface area contributed by atoms with Crippen molar-refractivity contribution in [3.05, 3.63) is 23.8 Å². The summed E-state index contributed by atoms with van der Waals surface area (Å²) in [6.07, 6.45) is 2.94. The Kier molecular flexibility index (Phi) is 12.9. The Morgan fingerprint density at radius 2 is 1.54 bits per heavy atom. The molecule has 0 radical (unpaired) electrons. The summed E-state index contributed by atoms with van der Waals surface area (Å²) >= 11 is 1.85. The maximum absolute atomic E-state index is 12.8. The van der Waals surface area contributed by atoms with Gasteiger partial charge in [0, 0.05) is 42.1 Å². The van der Waals surface area contributed by atoms with Gasteiger partial charge in [0.1, 0.15) is 11.5 Å². The van der Waals surface area contributed by atoms with Crippen LogP contribution in [0.5, 0.6) is 11.5 Å². The summed E-state index contributed by atoms with van der Waals surface area (Å²) in [5, 5.41) is 11.8. The highest BCUT2D eigenvalue weighted by Gasteiger charge is 2.42. The van der Waals surface area contributed by atoms with E-state index in [0.29, 0.717) is 11.7 Å². The number of amides is 4. The Morgan fingerprint density at radius 1 is 0.902 bits per heavy atom. The van der Waals surface area contributed by atoms with Crippen LogP contribution in [0.1, 0.15) is 49.9 Å². The smallest absolute Gasteiger partial charge is 0.344 e. The lowest BCUT2D eigenvalue weighted by Crippen LogP contribution is -2.36. The molecule has 3 rings (SSSR count). The molecule has 0 aliphatic carbocycles. The minimum Gasteiger partial charge on any atom is -0.482 e. The molecule has 226 valence electrons. The van der Waals surface area contributed by atoms with E-state index in [-0.39, 0.29) is 80.6 Å². The number of unbranched alkanes of at least 4 members (excludes halogenated alkanes) is 1. The number of fused-ring (bicyclic) bond motifs is 1. The highest BCUT2D eigenvalue weighted by Crippen LogP contribution is 2.33. The summed E-state index contributed by atoms with van der Waals surface area (Å²) in [6, 6.07) is 4.56. The van der Waals surface area contributed by atoms with Crippen LogP contribution in [0.3, 0.4) is 0 Å². The van der Waals surface area contributed by atoms with Crippen molar-refractivity contribution in [2.24, 2.45) is 0 Å². The first-order valence-corrected chi connectivity index (χ1v) is 14.8. The van der Waals surface area contributed by atoms with Gasteiger partial charge in [0.25, 0.3) is 5.91 Å². The molecule has 4 N–H and O–H groups in total. The maximum atomic E-state index is 12.8. The van der Waals surface area contributed by atoms with E-state index in [1.54, 1.807) is 13.8 Å². The van der Waals surface area contributed by atoms with Gasteiger partial charge in [-0.05, 0) is 38.8 Å². The van der Waals surface area contributed by atoms with Crippen molar-refractivity contribution in [1.29, 1.82) is 0 Å². The number of hydrogen-bond acceptors (Lipinski definition) is 10. The molecule has 0 saturated carbocycles. The topological polar surface area (TPSA) is 170 Å². The summed E-state index contributed by atoms with van der Waals surface area (Å²) < 4.78 is 20.6. The highest BCUT2D eigenvalue weighted by atomic mass is 32.2. The molecule has 14 heteroatoms. The predicted molar refractivity (Wildman–Crippen MR) is 150 cm³/mol. The van der Waals surface area contributed by atoms with Crippen LogP contribution in [0, 0.1) is 0 Å². The van der Waals surface area contributed by atoms with Crippen molar-refractivity contribution >= 4 is 41.5 Å². The van der Waals surface area contributed by atoms with Gasteiger partial charge in [-0.15, -0.1) is 0 Å². The van der Waals surface area contributed by atoms with Crippen LogP contribution in [0.4, 0.5) is 4.79 Å². The molecule has 2 aliphatic heterocycles. The third-order valence-corrected chi connectivity index (χ3v) is 7.79. The summed E-state index contributed by atoms with van der Waals surface area (Å²) in [5.74, 6) is -0.436. The standard InChI is InChI=1S/C27H38N4O9S/c1-3-37-23(33)14-39-18-11-17(12-19(13-18)40-15-24(34)38-4-2)26(35)29-10-9-28-22(32)8-6-5-7-21-25-20(16-41-21)30-27(36)31-25/h11-13,20-21,25H,3-10,14-16H2,1-2H3,(H,28,32)(H,29,35)(H2,30,31,36)/t20-,21-,25-/m0/s1. The number of carbonyl (C=O) groups excluding carboxylic acids is 5. The van der Waals surface area contributed by atoms with Crippen LogP contribution in [0.25, 0.3) is 0 Å². The van der Waals surface area contributed by atoms with Crippen LogP contribution in [0.2, 0.25) is 0 Å². The molecular weight excluding hydrogens is 556 g/mol. The number of ether oxygens (including phenoxy) is 4. The molecule has 0 bridgehead atoms. The molecule has 3 atom stereocenters. The fourth-order valence-corrected chi connectivity index (χ4v) is 5.95. The zero-order chi connectivity index (χ0) is 29.6. The van der Waals surface area contributed by atoms with Gasteiger partial charge in [-0.25, -0.2) is 14.4 Å². The molecular formula is C27H38N4O9S. The van der Waals surface area contributed by atoms with Crippen molar-refractivity contribution < 1.29 is 42.9 Å². The largest absolute Gasteiger partial charge is 0.482 e. The summed E-state index contributed by atoms with van der Waals surface area (Å²) in [6.45, 7) is 3.46. The Morgan fingerprint density at radius 3 is 2.17 bits per heavy atom. The van der Waals surface area contributed by atoms with Crippen LogP contribution >= 0.6 is 11.8 Å². The molecule has 2 heterocycles. The number of urea groups is 1. The fourth-order valence-electron chi connectivity index (χ4n) is 4.40. The van der Waals surface area contributed by atoms with Gasteiger partial charge in [-0.3, -0.25) is 9.59 Å². The van der Waals surface area contributed by atoms with Gasteiger partial charge < -0.3 is 40.2 Å². The van der Waals surface area contributed by atoms with Gasteiger partial charge >= 0.3 is 18.0 Å². The molecule has 41 heavy (non-hydrogen) atoms. The van der Waals surface area contributed by atoms with Gasteiger partial charge in [0.2, 0.25) is 5.91 Å². The van der Waals surface area contributed by atoms with E-state index in [1.165, 1.54) is 18.2 Å². The zero-order valence-corrected chi connectivity index (χ0v) is 24.1. The SMILES string of the molecule is CCOC(=O)COc1cc(OCC(=O)OCC)cc(C(=O)NCCNC(=O)CCCC[C@@H]2SC[C@@H]3NC(=O)N[C@@H]32)c1. The van der Waals surface area contributed by atoms with Crippen LogP contribution in [0.15, 0.2) is 18.2 Å². The van der Waals surface area contributed by atoms with Gasteiger partial charge in [0.05, 0.1) is 25.3 Å². The summed E-state index contributed by atoms with van der Waals surface area (Å²) in [5.41, 5.74) is 0.178. The monoisotopic (exact) mass is 594 g/mol. The molecule has 0 unspecified atom stereocenters. The molecule has 0 spiro atoms.